The Morgan fingerprint density at radius 1 is 0.800 bits per heavy atom. The smallest absolute Gasteiger partial charge is 0.00314 e. The molecule has 0 radical (unpaired) electrons. The summed E-state index contributed by atoms with van der Waals surface area (Å²) in [5.74, 6) is 0.943. The molecule has 0 aliphatic heterocycles. The first-order valence-electron chi connectivity index (χ1n) is 6.87. The van der Waals surface area contributed by atoms with Gasteiger partial charge in [0.25, 0.3) is 0 Å². The van der Waals surface area contributed by atoms with Crippen LogP contribution in [0.15, 0.2) is 0 Å². The first kappa shape index (κ1) is 15.5. The molecular weight excluding hydrogens is 248 g/mol. The molecule has 0 aromatic carbocycles. The highest BCUT2D eigenvalue weighted by Crippen LogP contribution is 2.16. The average Bonchev–Trinajstić information content (AvgIpc) is 2.25. The topological polar surface area (TPSA) is 0 Å². The molecule has 0 aromatic heterocycles. The maximum absolute atomic E-state index is 3.49. The predicted molar refractivity (Wildman–Crippen MR) is 74.8 cm³/mol. The van der Waals surface area contributed by atoms with Gasteiger partial charge >= 0.3 is 0 Å². The molecule has 15 heavy (non-hydrogen) atoms. The van der Waals surface area contributed by atoms with Crippen LogP contribution in [0.4, 0.5) is 0 Å². The number of rotatable bonds is 11. The van der Waals surface area contributed by atoms with Crippen molar-refractivity contribution in [1.29, 1.82) is 0 Å². The molecule has 0 aliphatic rings. The molecule has 1 heteroatoms. The van der Waals surface area contributed by atoms with E-state index in [1.54, 1.807) is 0 Å². The number of halogens is 1. The molecule has 0 bridgehead atoms. The van der Waals surface area contributed by atoms with E-state index in [4.69, 9.17) is 0 Å². The number of unbranched alkanes of at least 4 members (excludes halogenated alkanes) is 6. The van der Waals surface area contributed by atoms with Crippen LogP contribution in [0, 0.1) is 5.92 Å². The second-order valence-electron chi connectivity index (χ2n) is 4.85. The van der Waals surface area contributed by atoms with E-state index in [1.165, 1.54) is 69.5 Å². The third-order valence-electron chi connectivity index (χ3n) is 3.13. The quantitative estimate of drug-likeness (QED) is 0.324. The van der Waals surface area contributed by atoms with Crippen molar-refractivity contribution in [3.05, 3.63) is 0 Å². The van der Waals surface area contributed by atoms with E-state index in [-0.39, 0.29) is 0 Å². The maximum Gasteiger partial charge on any atom is 0.00314 e. The van der Waals surface area contributed by atoms with Gasteiger partial charge in [-0.1, -0.05) is 81.1 Å². The first-order valence-corrected chi connectivity index (χ1v) is 7.99. The average molecular weight is 277 g/mol. The molecule has 0 rings (SSSR count). The zero-order chi connectivity index (χ0) is 11.4. The van der Waals surface area contributed by atoms with Crippen molar-refractivity contribution < 1.29 is 0 Å². The second-order valence-corrected chi connectivity index (χ2v) is 5.64. The van der Waals surface area contributed by atoms with Gasteiger partial charge in [0.2, 0.25) is 0 Å². The molecule has 0 saturated heterocycles. The summed E-state index contributed by atoms with van der Waals surface area (Å²) >= 11 is 3.49. The Bertz CT molecular complexity index is 112. The minimum atomic E-state index is 0.943. The van der Waals surface area contributed by atoms with Gasteiger partial charge in [-0.25, -0.2) is 0 Å². The highest BCUT2D eigenvalue weighted by molar-refractivity contribution is 9.09. The lowest BCUT2D eigenvalue weighted by Crippen LogP contribution is -1.95. The number of hydrogen-bond donors (Lipinski definition) is 0. The molecule has 0 aromatic rings. The van der Waals surface area contributed by atoms with E-state index in [1.807, 2.05) is 0 Å². The lowest BCUT2D eigenvalue weighted by molar-refractivity contribution is 0.452. The van der Waals surface area contributed by atoms with Crippen LogP contribution in [0.3, 0.4) is 0 Å². The molecular formula is C14H29Br. The lowest BCUT2D eigenvalue weighted by atomic mass is 9.98. The SMILES string of the molecule is CCCCCCCCCC(C)CCCBr. The van der Waals surface area contributed by atoms with Gasteiger partial charge in [-0.15, -0.1) is 0 Å². The fourth-order valence-electron chi connectivity index (χ4n) is 2.02. The van der Waals surface area contributed by atoms with Crippen molar-refractivity contribution in [2.45, 2.75) is 78.1 Å². The van der Waals surface area contributed by atoms with Crippen molar-refractivity contribution in [1.82, 2.24) is 0 Å². The van der Waals surface area contributed by atoms with E-state index in [9.17, 15) is 0 Å². The molecule has 0 nitrogen and oxygen atoms in total. The van der Waals surface area contributed by atoms with Gasteiger partial charge in [0.15, 0.2) is 0 Å². The van der Waals surface area contributed by atoms with Crippen LogP contribution in [0.2, 0.25) is 0 Å². The molecule has 0 amide bonds. The number of hydrogen-bond acceptors (Lipinski definition) is 0. The largest absolute Gasteiger partial charge is 0.0928 e. The Kier molecular flexibility index (Phi) is 13.0. The fourth-order valence-corrected chi connectivity index (χ4v) is 2.34. The van der Waals surface area contributed by atoms with Crippen LogP contribution < -0.4 is 0 Å². The summed E-state index contributed by atoms with van der Waals surface area (Å²) in [6, 6.07) is 0. The molecule has 1 unspecified atom stereocenters. The third kappa shape index (κ3) is 12.4. The zero-order valence-electron chi connectivity index (χ0n) is 10.7. The molecule has 0 aliphatic carbocycles. The van der Waals surface area contributed by atoms with Crippen LogP contribution in [-0.2, 0) is 0 Å². The van der Waals surface area contributed by atoms with Crippen LogP contribution in [0.5, 0.6) is 0 Å². The predicted octanol–water partition coefficient (Wildman–Crippen LogP) is 5.94. The summed E-state index contributed by atoms with van der Waals surface area (Å²) in [6.07, 6.45) is 14.3. The van der Waals surface area contributed by atoms with Gasteiger partial charge in [0.05, 0.1) is 0 Å². The zero-order valence-corrected chi connectivity index (χ0v) is 12.3. The van der Waals surface area contributed by atoms with Crippen molar-refractivity contribution in [3.63, 3.8) is 0 Å². The van der Waals surface area contributed by atoms with Crippen molar-refractivity contribution >= 4 is 15.9 Å². The van der Waals surface area contributed by atoms with Crippen LogP contribution in [-0.4, -0.2) is 5.33 Å². The van der Waals surface area contributed by atoms with Crippen molar-refractivity contribution in [2.75, 3.05) is 5.33 Å². The molecule has 0 spiro atoms. The molecule has 92 valence electrons. The van der Waals surface area contributed by atoms with Crippen LogP contribution in [0.25, 0.3) is 0 Å². The Morgan fingerprint density at radius 3 is 1.93 bits per heavy atom. The van der Waals surface area contributed by atoms with Gasteiger partial charge in [0.1, 0.15) is 0 Å². The van der Waals surface area contributed by atoms with Gasteiger partial charge in [-0.3, -0.25) is 0 Å². The summed E-state index contributed by atoms with van der Waals surface area (Å²) in [5, 5.41) is 1.17. The Balaban J connectivity index is 3.02. The first-order chi connectivity index (χ1) is 7.31. The maximum atomic E-state index is 3.49. The summed E-state index contributed by atoms with van der Waals surface area (Å²) in [4.78, 5) is 0. The summed E-state index contributed by atoms with van der Waals surface area (Å²) in [6.45, 7) is 4.69. The van der Waals surface area contributed by atoms with Crippen LogP contribution >= 0.6 is 15.9 Å². The van der Waals surface area contributed by atoms with E-state index in [2.05, 4.69) is 29.8 Å². The Morgan fingerprint density at radius 2 is 1.33 bits per heavy atom. The monoisotopic (exact) mass is 276 g/mol. The summed E-state index contributed by atoms with van der Waals surface area (Å²) in [7, 11) is 0. The Labute approximate surface area is 105 Å². The highest BCUT2D eigenvalue weighted by atomic mass is 79.9. The van der Waals surface area contributed by atoms with E-state index in [0.29, 0.717) is 0 Å². The molecule has 0 saturated carbocycles. The van der Waals surface area contributed by atoms with Crippen LogP contribution in [0.1, 0.15) is 78.1 Å². The standard InChI is InChI=1S/C14H29Br/c1-3-4-5-6-7-8-9-11-14(2)12-10-13-15/h14H,3-13H2,1-2H3. The molecule has 0 N–H and O–H groups in total. The van der Waals surface area contributed by atoms with Gasteiger partial charge in [0, 0.05) is 5.33 Å². The molecule has 0 heterocycles. The van der Waals surface area contributed by atoms with Crippen molar-refractivity contribution in [3.8, 4) is 0 Å². The number of alkyl halides is 1. The summed E-state index contributed by atoms with van der Waals surface area (Å²) in [5.41, 5.74) is 0. The van der Waals surface area contributed by atoms with E-state index in [0.717, 1.165) is 5.92 Å². The Hall–Kier alpha value is 0.480. The fraction of sp³-hybridized carbons (Fsp3) is 1.00. The minimum Gasteiger partial charge on any atom is -0.0928 e. The highest BCUT2D eigenvalue weighted by Gasteiger charge is 2.00. The lowest BCUT2D eigenvalue weighted by Gasteiger charge is -2.09. The normalized spacial score (nSPS) is 13.0. The van der Waals surface area contributed by atoms with Gasteiger partial charge in [-0.2, -0.15) is 0 Å². The van der Waals surface area contributed by atoms with Gasteiger partial charge < -0.3 is 0 Å². The second kappa shape index (κ2) is 12.5. The van der Waals surface area contributed by atoms with E-state index >= 15 is 0 Å². The molecule has 0 fully saturated rings. The molecule has 1 atom stereocenters. The van der Waals surface area contributed by atoms with Crippen molar-refractivity contribution in [2.24, 2.45) is 5.92 Å². The van der Waals surface area contributed by atoms with E-state index < -0.39 is 0 Å². The van der Waals surface area contributed by atoms with Gasteiger partial charge in [-0.05, 0) is 18.8 Å². The summed E-state index contributed by atoms with van der Waals surface area (Å²) < 4.78 is 0. The minimum absolute atomic E-state index is 0.943. The third-order valence-corrected chi connectivity index (χ3v) is 3.69.